The van der Waals surface area contributed by atoms with Crippen LogP contribution in [-0.2, 0) is 0 Å². The molecule has 1 aromatic carbocycles. The van der Waals surface area contributed by atoms with Crippen molar-refractivity contribution in [3.63, 3.8) is 0 Å². The molecule has 3 aromatic heterocycles. The van der Waals surface area contributed by atoms with Crippen LogP contribution >= 0.6 is 0 Å². The maximum atomic E-state index is 5.94. The fourth-order valence-corrected chi connectivity index (χ4v) is 3.51. The van der Waals surface area contributed by atoms with Gasteiger partial charge in [0.15, 0.2) is 0 Å². The van der Waals surface area contributed by atoms with Gasteiger partial charge in [0, 0.05) is 28.8 Å². The zero-order valence-corrected chi connectivity index (χ0v) is 14.6. The van der Waals surface area contributed by atoms with Gasteiger partial charge >= 0.3 is 0 Å². The number of H-pyrrole nitrogens is 2. The molecule has 0 atom stereocenters. The van der Waals surface area contributed by atoms with Crippen LogP contribution in [0.1, 0.15) is 12.8 Å². The second-order valence-corrected chi connectivity index (χ2v) is 6.63. The summed E-state index contributed by atoms with van der Waals surface area (Å²) in [5, 5.41) is 27.2. The van der Waals surface area contributed by atoms with E-state index in [9.17, 15) is 0 Å². The van der Waals surface area contributed by atoms with Crippen molar-refractivity contribution in [2.45, 2.75) is 18.9 Å². The van der Waals surface area contributed by atoms with Crippen LogP contribution in [0.5, 0.6) is 5.88 Å². The highest BCUT2D eigenvalue weighted by Gasteiger charge is 2.16. The molecule has 0 amide bonds. The first-order chi connectivity index (χ1) is 13.4. The molecule has 1 saturated heterocycles. The molecule has 8 nitrogen and oxygen atoms in total. The van der Waals surface area contributed by atoms with Crippen LogP contribution in [0.4, 0.5) is 0 Å². The third kappa shape index (κ3) is 3.04. The van der Waals surface area contributed by atoms with Crippen molar-refractivity contribution in [3.05, 3.63) is 42.9 Å². The lowest BCUT2D eigenvalue weighted by Crippen LogP contribution is -2.34. The number of aromatic amines is 2. The van der Waals surface area contributed by atoms with E-state index in [0.717, 1.165) is 59.2 Å². The van der Waals surface area contributed by atoms with Crippen LogP contribution in [0.25, 0.3) is 33.3 Å². The number of piperidine rings is 1. The van der Waals surface area contributed by atoms with Crippen LogP contribution in [0.2, 0.25) is 0 Å². The Hall–Kier alpha value is -3.26. The number of fused-ring (bicyclic) bond motifs is 1. The Labute approximate surface area is 155 Å². The second kappa shape index (κ2) is 6.81. The minimum Gasteiger partial charge on any atom is -0.473 e. The van der Waals surface area contributed by atoms with E-state index < -0.39 is 0 Å². The number of benzene rings is 1. The summed E-state index contributed by atoms with van der Waals surface area (Å²) in [4.78, 5) is 0. The van der Waals surface area contributed by atoms with Gasteiger partial charge in [0.1, 0.15) is 6.10 Å². The van der Waals surface area contributed by atoms with E-state index in [-0.39, 0.29) is 6.10 Å². The minimum atomic E-state index is 0.208. The molecule has 0 bridgehead atoms. The Balaban J connectivity index is 1.45. The molecule has 0 unspecified atom stereocenters. The molecule has 1 aliphatic rings. The Bertz CT molecular complexity index is 1030. The summed E-state index contributed by atoms with van der Waals surface area (Å²) >= 11 is 0. The lowest BCUT2D eigenvalue weighted by molar-refractivity contribution is 0.154. The highest BCUT2D eigenvalue weighted by Crippen LogP contribution is 2.33. The molecule has 0 radical (unpaired) electrons. The van der Waals surface area contributed by atoms with Gasteiger partial charge in [-0.05, 0) is 43.6 Å². The molecule has 4 aromatic rings. The standard InChI is InChI=1S/C19H19N7O/c1-2-15(19-16(11-23-26-19)14(1)12-9-21-22-10-12)17-3-4-18(25-24-17)27-13-5-7-20-8-6-13/h1-4,9-11,13,20H,5-8H2,(H,21,22)(H,23,26). The normalized spacial score (nSPS) is 15.3. The molecule has 3 N–H and O–H groups in total. The summed E-state index contributed by atoms with van der Waals surface area (Å²) in [6.45, 7) is 1.97. The molecule has 1 fully saturated rings. The fraction of sp³-hybridized carbons (Fsp3) is 0.263. The number of ether oxygens (including phenoxy) is 1. The molecule has 8 heteroatoms. The summed E-state index contributed by atoms with van der Waals surface area (Å²) in [6.07, 6.45) is 7.69. The van der Waals surface area contributed by atoms with E-state index in [2.05, 4.69) is 42.0 Å². The van der Waals surface area contributed by atoms with Gasteiger partial charge in [-0.15, -0.1) is 10.2 Å². The number of nitrogens with one attached hydrogen (secondary N) is 3. The highest BCUT2D eigenvalue weighted by molar-refractivity contribution is 6.01. The predicted molar refractivity (Wildman–Crippen MR) is 101 cm³/mol. The maximum absolute atomic E-state index is 5.94. The van der Waals surface area contributed by atoms with E-state index in [1.807, 2.05) is 30.6 Å². The van der Waals surface area contributed by atoms with Crippen molar-refractivity contribution in [2.24, 2.45) is 0 Å². The molecule has 4 heterocycles. The number of aromatic nitrogens is 6. The van der Waals surface area contributed by atoms with E-state index in [4.69, 9.17) is 4.74 Å². The van der Waals surface area contributed by atoms with Gasteiger partial charge in [-0.2, -0.15) is 10.2 Å². The SMILES string of the molecule is c1n[nH]cc1-c1ccc(-c2ccc(OC3CCNCC3)nn2)c2[nH]ncc12. The second-order valence-electron chi connectivity index (χ2n) is 6.63. The van der Waals surface area contributed by atoms with Gasteiger partial charge in [-0.25, -0.2) is 0 Å². The van der Waals surface area contributed by atoms with E-state index >= 15 is 0 Å². The predicted octanol–water partition coefficient (Wildman–Crippen LogP) is 2.54. The molecule has 136 valence electrons. The third-order valence-corrected chi connectivity index (χ3v) is 4.91. The van der Waals surface area contributed by atoms with Gasteiger partial charge in [0.25, 0.3) is 0 Å². The molecular weight excluding hydrogens is 342 g/mol. The zero-order valence-electron chi connectivity index (χ0n) is 14.6. The summed E-state index contributed by atoms with van der Waals surface area (Å²) in [5.74, 6) is 0.571. The quantitative estimate of drug-likeness (QED) is 0.516. The largest absolute Gasteiger partial charge is 0.473 e. The van der Waals surface area contributed by atoms with Crippen LogP contribution in [-0.4, -0.2) is 49.8 Å². The molecule has 0 spiro atoms. The molecule has 27 heavy (non-hydrogen) atoms. The van der Waals surface area contributed by atoms with Crippen LogP contribution in [0, 0.1) is 0 Å². The van der Waals surface area contributed by atoms with Crippen molar-refractivity contribution in [1.29, 1.82) is 0 Å². The first kappa shape index (κ1) is 16.0. The maximum Gasteiger partial charge on any atom is 0.233 e. The number of rotatable bonds is 4. The molecule has 5 rings (SSSR count). The van der Waals surface area contributed by atoms with Crippen LogP contribution in [0.3, 0.4) is 0 Å². The third-order valence-electron chi connectivity index (χ3n) is 4.91. The summed E-state index contributed by atoms with van der Waals surface area (Å²) in [6, 6.07) is 7.91. The number of hydrogen-bond acceptors (Lipinski definition) is 6. The van der Waals surface area contributed by atoms with Crippen molar-refractivity contribution < 1.29 is 4.74 Å². The zero-order chi connectivity index (χ0) is 18.1. The van der Waals surface area contributed by atoms with Crippen molar-refractivity contribution in [1.82, 2.24) is 35.9 Å². The average molecular weight is 361 g/mol. The topological polar surface area (TPSA) is 104 Å². The van der Waals surface area contributed by atoms with Crippen LogP contribution < -0.4 is 10.1 Å². The monoisotopic (exact) mass is 361 g/mol. The first-order valence-corrected chi connectivity index (χ1v) is 9.05. The summed E-state index contributed by atoms with van der Waals surface area (Å²) in [5.41, 5.74) is 4.74. The number of nitrogens with zero attached hydrogens (tertiary/aromatic N) is 4. The van der Waals surface area contributed by atoms with Gasteiger partial charge in [-0.1, -0.05) is 6.07 Å². The van der Waals surface area contributed by atoms with E-state index in [1.165, 1.54) is 0 Å². The number of hydrogen-bond donors (Lipinski definition) is 3. The first-order valence-electron chi connectivity index (χ1n) is 9.05. The van der Waals surface area contributed by atoms with Gasteiger partial charge in [0.05, 0.1) is 23.6 Å². The van der Waals surface area contributed by atoms with Crippen molar-refractivity contribution in [2.75, 3.05) is 13.1 Å². The van der Waals surface area contributed by atoms with Gasteiger partial charge < -0.3 is 10.1 Å². The Morgan fingerprint density at radius 1 is 0.926 bits per heavy atom. The highest BCUT2D eigenvalue weighted by atomic mass is 16.5. The smallest absolute Gasteiger partial charge is 0.233 e. The molecule has 0 saturated carbocycles. The van der Waals surface area contributed by atoms with Crippen molar-refractivity contribution >= 4 is 10.9 Å². The summed E-state index contributed by atoms with van der Waals surface area (Å²) in [7, 11) is 0. The van der Waals surface area contributed by atoms with E-state index in [1.54, 1.807) is 6.20 Å². The Kier molecular flexibility index (Phi) is 4.02. The van der Waals surface area contributed by atoms with Gasteiger partial charge in [0.2, 0.25) is 5.88 Å². The van der Waals surface area contributed by atoms with Gasteiger partial charge in [-0.3, -0.25) is 10.2 Å². The average Bonchev–Trinajstić information content (AvgIpc) is 3.41. The lowest BCUT2D eigenvalue weighted by atomic mass is 10.0. The minimum absolute atomic E-state index is 0.208. The fourth-order valence-electron chi connectivity index (χ4n) is 3.51. The summed E-state index contributed by atoms with van der Waals surface area (Å²) < 4.78 is 5.94. The Morgan fingerprint density at radius 3 is 2.59 bits per heavy atom. The van der Waals surface area contributed by atoms with Crippen LogP contribution in [0.15, 0.2) is 42.9 Å². The van der Waals surface area contributed by atoms with Crippen molar-refractivity contribution in [3.8, 4) is 28.3 Å². The molecular formula is C19H19N7O. The molecule has 0 aliphatic carbocycles. The van der Waals surface area contributed by atoms with E-state index in [0.29, 0.717) is 5.88 Å². The Morgan fingerprint density at radius 2 is 1.81 bits per heavy atom. The lowest BCUT2D eigenvalue weighted by Gasteiger charge is -2.22. The molecule has 1 aliphatic heterocycles.